The molecule has 1 rings (SSSR count). The zero-order valence-corrected chi connectivity index (χ0v) is 6.84. The van der Waals surface area contributed by atoms with Crippen LogP contribution >= 0.6 is 0 Å². The highest BCUT2D eigenvalue weighted by Crippen LogP contribution is 2.11. The molecule has 1 atom stereocenters. The van der Waals surface area contributed by atoms with Crippen molar-refractivity contribution in [2.24, 2.45) is 5.18 Å². The van der Waals surface area contributed by atoms with Gasteiger partial charge in [0.1, 0.15) is 5.75 Å². The Kier molecular flexibility index (Phi) is 2.98. The Morgan fingerprint density at radius 2 is 2.08 bits per heavy atom. The van der Waals surface area contributed by atoms with E-state index in [-0.39, 0.29) is 5.75 Å². The molecule has 1 aromatic rings. The summed E-state index contributed by atoms with van der Waals surface area (Å²) in [5.74, 6) is 0.163. The molecule has 0 saturated carbocycles. The summed E-state index contributed by atoms with van der Waals surface area (Å²) in [5, 5.41) is 20.1. The van der Waals surface area contributed by atoms with Crippen LogP contribution in [-0.2, 0) is 6.42 Å². The first kappa shape index (κ1) is 9.20. The van der Waals surface area contributed by atoms with Crippen LogP contribution in [0.1, 0.15) is 5.56 Å². The van der Waals surface area contributed by atoms with Gasteiger partial charge in [-0.25, -0.2) is 0 Å². The molecule has 13 heavy (non-hydrogen) atoms. The average molecular weight is 176 g/mol. The van der Waals surface area contributed by atoms with Gasteiger partial charge >= 0.3 is 0 Å². The minimum Gasteiger partial charge on any atom is -0.508 e. The van der Waals surface area contributed by atoms with E-state index in [0.717, 1.165) is 5.56 Å². The van der Waals surface area contributed by atoms with Crippen LogP contribution in [0, 0.1) is 16.2 Å². The number of phenols is 1. The van der Waals surface area contributed by atoms with Crippen LogP contribution < -0.4 is 0 Å². The fourth-order valence-corrected chi connectivity index (χ4v) is 0.962. The second-order valence-corrected chi connectivity index (χ2v) is 2.62. The molecule has 0 aliphatic heterocycles. The molecule has 1 unspecified atom stereocenters. The SMILES string of the molecule is N#CC(Cc1ccc(O)cc1)N=O. The Morgan fingerprint density at radius 1 is 1.46 bits per heavy atom. The van der Waals surface area contributed by atoms with Crippen molar-refractivity contribution in [2.45, 2.75) is 12.5 Å². The molecular weight excluding hydrogens is 168 g/mol. The molecule has 0 aliphatic rings. The molecule has 0 amide bonds. The molecule has 0 bridgehead atoms. The fourth-order valence-electron chi connectivity index (χ4n) is 0.962. The molecule has 0 heterocycles. The first-order chi connectivity index (χ1) is 6.26. The summed E-state index contributed by atoms with van der Waals surface area (Å²) in [6.45, 7) is 0. The Labute approximate surface area is 75.4 Å². The molecule has 0 aromatic heterocycles. The van der Waals surface area contributed by atoms with Crippen molar-refractivity contribution in [3.05, 3.63) is 34.7 Å². The Morgan fingerprint density at radius 3 is 2.54 bits per heavy atom. The lowest BCUT2D eigenvalue weighted by atomic mass is 10.1. The van der Waals surface area contributed by atoms with Crippen LogP contribution in [0.2, 0.25) is 0 Å². The molecule has 4 heteroatoms. The number of nitriles is 1. The van der Waals surface area contributed by atoms with Gasteiger partial charge in [-0.1, -0.05) is 17.3 Å². The zero-order chi connectivity index (χ0) is 9.68. The summed E-state index contributed by atoms with van der Waals surface area (Å²) in [7, 11) is 0. The number of rotatable bonds is 3. The highest BCUT2D eigenvalue weighted by molar-refractivity contribution is 5.27. The monoisotopic (exact) mass is 176 g/mol. The maximum absolute atomic E-state index is 10.1. The topological polar surface area (TPSA) is 73.4 Å². The van der Waals surface area contributed by atoms with Crippen LogP contribution in [0.5, 0.6) is 5.75 Å². The Bertz CT molecular complexity index is 326. The second-order valence-electron chi connectivity index (χ2n) is 2.62. The van der Waals surface area contributed by atoms with E-state index in [4.69, 9.17) is 10.4 Å². The highest BCUT2D eigenvalue weighted by atomic mass is 16.3. The lowest BCUT2D eigenvalue weighted by Crippen LogP contribution is -2.03. The van der Waals surface area contributed by atoms with Crippen LogP contribution in [-0.4, -0.2) is 11.1 Å². The number of nitroso groups, excluding NO2 is 1. The number of aromatic hydroxyl groups is 1. The molecule has 4 nitrogen and oxygen atoms in total. The van der Waals surface area contributed by atoms with Gasteiger partial charge in [0.05, 0.1) is 6.07 Å². The molecule has 0 spiro atoms. The average Bonchev–Trinajstić information content (AvgIpc) is 2.17. The molecule has 1 N–H and O–H groups in total. The van der Waals surface area contributed by atoms with Gasteiger partial charge in [-0.15, -0.1) is 4.91 Å². The summed E-state index contributed by atoms with van der Waals surface area (Å²) >= 11 is 0. The molecule has 1 aromatic carbocycles. The van der Waals surface area contributed by atoms with Gasteiger partial charge < -0.3 is 5.11 Å². The molecule has 66 valence electrons. The first-order valence-corrected chi connectivity index (χ1v) is 3.76. The number of hydrogen-bond donors (Lipinski definition) is 1. The lowest BCUT2D eigenvalue weighted by Gasteiger charge is -2.00. The third-order valence-electron chi connectivity index (χ3n) is 1.64. The maximum atomic E-state index is 10.1. The predicted octanol–water partition coefficient (Wildman–Crippen LogP) is 1.59. The largest absolute Gasteiger partial charge is 0.508 e. The first-order valence-electron chi connectivity index (χ1n) is 3.76. The van der Waals surface area contributed by atoms with E-state index in [1.807, 2.05) is 0 Å². The quantitative estimate of drug-likeness (QED) is 0.710. The van der Waals surface area contributed by atoms with E-state index >= 15 is 0 Å². The number of phenolic OH excluding ortho intramolecular Hbond substituents is 1. The van der Waals surface area contributed by atoms with Crippen LogP contribution in [0.4, 0.5) is 0 Å². The summed E-state index contributed by atoms with van der Waals surface area (Å²) < 4.78 is 0. The van der Waals surface area contributed by atoms with Crippen molar-refractivity contribution >= 4 is 0 Å². The summed E-state index contributed by atoms with van der Waals surface area (Å²) in [5.41, 5.74) is 0.809. The van der Waals surface area contributed by atoms with Crippen LogP contribution in [0.25, 0.3) is 0 Å². The van der Waals surface area contributed by atoms with E-state index in [1.54, 1.807) is 18.2 Å². The third kappa shape index (κ3) is 2.56. The van der Waals surface area contributed by atoms with E-state index in [1.165, 1.54) is 12.1 Å². The van der Waals surface area contributed by atoms with Gasteiger partial charge in [-0.05, 0) is 17.7 Å². The van der Waals surface area contributed by atoms with Crippen molar-refractivity contribution in [3.8, 4) is 11.8 Å². The van der Waals surface area contributed by atoms with E-state index < -0.39 is 6.04 Å². The standard InChI is InChI=1S/C9H8N2O2/c10-6-8(11-13)5-7-1-3-9(12)4-2-7/h1-4,8,12H,5H2. The summed E-state index contributed by atoms with van der Waals surface area (Å²) in [6, 6.07) is 7.26. The zero-order valence-electron chi connectivity index (χ0n) is 6.84. The van der Waals surface area contributed by atoms with E-state index in [0.29, 0.717) is 6.42 Å². The van der Waals surface area contributed by atoms with Crippen molar-refractivity contribution in [1.82, 2.24) is 0 Å². The summed E-state index contributed by atoms with van der Waals surface area (Å²) in [6.07, 6.45) is 0.292. The van der Waals surface area contributed by atoms with Gasteiger partial charge in [-0.3, -0.25) is 0 Å². The van der Waals surface area contributed by atoms with Gasteiger partial charge in [0, 0.05) is 6.42 Å². The van der Waals surface area contributed by atoms with Crippen LogP contribution in [0.3, 0.4) is 0 Å². The minimum atomic E-state index is -0.843. The molecule has 0 radical (unpaired) electrons. The predicted molar refractivity (Wildman–Crippen MR) is 47.0 cm³/mol. The lowest BCUT2D eigenvalue weighted by molar-refractivity contribution is 0.475. The Hall–Kier alpha value is -1.89. The highest BCUT2D eigenvalue weighted by Gasteiger charge is 2.07. The van der Waals surface area contributed by atoms with Crippen molar-refractivity contribution in [3.63, 3.8) is 0 Å². The van der Waals surface area contributed by atoms with E-state index in [9.17, 15) is 4.91 Å². The number of hydrogen-bond acceptors (Lipinski definition) is 4. The van der Waals surface area contributed by atoms with Crippen molar-refractivity contribution in [2.75, 3.05) is 0 Å². The third-order valence-corrected chi connectivity index (χ3v) is 1.64. The van der Waals surface area contributed by atoms with E-state index in [2.05, 4.69) is 5.18 Å². The van der Waals surface area contributed by atoms with Gasteiger partial charge in [0.15, 0.2) is 6.04 Å². The molecular formula is C9H8N2O2. The van der Waals surface area contributed by atoms with Crippen molar-refractivity contribution < 1.29 is 5.11 Å². The number of nitrogens with zero attached hydrogens (tertiary/aromatic N) is 2. The van der Waals surface area contributed by atoms with Gasteiger partial charge in [0.2, 0.25) is 0 Å². The molecule has 0 fully saturated rings. The number of benzene rings is 1. The fraction of sp³-hybridized carbons (Fsp3) is 0.222. The van der Waals surface area contributed by atoms with Gasteiger partial charge in [-0.2, -0.15) is 5.26 Å². The molecule has 0 aliphatic carbocycles. The maximum Gasteiger partial charge on any atom is 0.182 e. The van der Waals surface area contributed by atoms with Crippen LogP contribution in [0.15, 0.2) is 29.4 Å². The smallest absolute Gasteiger partial charge is 0.182 e. The van der Waals surface area contributed by atoms with Crippen molar-refractivity contribution in [1.29, 1.82) is 5.26 Å². The summed E-state index contributed by atoms with van der Waals surface area (Å²) in [4.78, 5) is 10.1. The second kappa shape index (κ2) is 4.21. The Balaban J connectivity index is 2.70. The minimum absolute atomic E-state index is 0.163. The normalized spacial score (nSPS) is 11.6. The molecule has 0 saturated heterocycles. The van der Waals surface area contributed by atoms with Gasteiger partial charge in [0.25, 0.3) is 0 Å².